The van der Waals surface area contributed by atoms with E-state index in [1.165, 1.54) is 12.1 Å². The predicted molar refractivity (Wildman–Crippen MR) is 76.1 cm³/mol. The third-order valence-electron chi connectivity index (χ3n) is 2.76. The highest BCUT2D eigenvalue weighted by Gasteiger charge is 2.11. The number of benzene rings is 2. The first-order chi connectivity index (χ1) is 10.1. The van der Waals surface area contributed by atoms with Crippen LogP contribution in [0.15, 0.2) is 47.6 Å². The minimum atomic E-state index is -0.503. The van der Waals surface area contributed by atoms with Crippen molar-refractivity contribution in [3.05, 3.63) is 59.4 Å². The fourth-order valence-electron chi connectivity index (χ4n) is 1.84. The number of halogens is 1. The van der Waals surface area contributed by atoms with Gasteiger partial charge in [0, 0.05) is 7.11 Å². The molecule has 0 spiro atoms. The minimum Gasteiger partial charge on any atom is -0.457 e. The van der Waals surface area contributed by atoms with Gasteiger partial charge in [-0.25, -0.2) is 4.39 Å². The number of nitrogens with zero attached hydrogens (tertiary/aromatic N) is 1. The lowest BCUT2D eigenvalue weighted by molar-refractivity contribution is 0.184. The monoisotopic (exact) mass is 290 g/mol. The molecule has 6 heteroatoms. The summed E-state index contributed by atoms with van der Waals surface area (Å²) in [6.07, 6.45) is 0. The van der Waals surface area contributed by atoms with Crippen molar-refractivity contribution in [1.82, 2.24) is 0 Å². The molecule has 0 aliphatic carbocycles. The van der Waals surface area contributed by atoms with Crippen LogP contribution in [0.2, 0.25) is 0 Å². The molecule has 0 amide bonds. The van der Waals surface area contributed by atoms with Crippen LogP contribution in [-0.2, 0) is 11.3 Å². The third kappa shape index (κ3) is 3.70. The number of hydrogen-bond donors (Lipinski definition) is 2. The summed E-state index contributed by atoms with van der Waals surface area (Å²) in [6.45, 7) is 0.452. The molecular formula is C15H15FN2O3. The topological polar surface area (TPSA) is 77.1 Å². The molecule has 0 saturated heterocycles. The molecule has 2 aromatic carbocycles. The lowest BCUT2D eigenvalue weighted by Crippen LogP contribution is -2.14. The molecule has 0 aromatic heterocycles. The summed E-state index contributed by atoms with van der Waals surface area (Å²) < 4.78 is 24.0. The molecule has 3 N–H and O–H groups in total. The Bertz CT molecular complexity index is 659. The molecule has 110 valence electrons. The Morgan fingerprint density at radius 3 is 2.81 bits per heavy atom. The van der Waals surface area contributed by atoms with Crippen molar-refractivity contribution in [3.63, 3.8) is 0 Å². The van der Waals surface area contributed by atoms with Crippen LogP contribution in [0.4, 0.5) is 4.39 Å². The molecule has 0 radical (unpaired) electrons. The van der Waals surface area contributed by atoms with Crippen molar-refractivity contribution in [1.29, 1.82) is 0 Å². The molecule has 0 fully saturated rings. The van der Waals surface area contributed by atoms with Crippen LogP contribution in [0, 0.1) is 5.82 Å². The Kier molecular flexibility index (Phi) is 4.73. The summed E-state index contributed by atoms with van der Waals surface area (Å²) in [5.74, 6) is 0.110. The maximum Gasteiger partial charge on any atom is 0.173 e. The number of methoxy groups -OCH3 is 1. The zero-order valence-electron chi connectivity index (χ0n) is 11.4. The molecule has 21 heavy (non-hydrogen) atoms. The van der Waals surface area contributed by atoms with Gasteiger partial charge >= 0.3 is 0 Å². The average Bonchev–Trinajstić information content (AvgIpc) is 2.49. The second kappa shape index (κ2) is 6.71. The number of oxime groups is 1. The van der Waals surface area contributed by atoms with Crippen molar-refractivity contribution < 1.29 is 19.1 Å². The summed E-state index contributed by atoms with van der Waals surface area (Å²) in [5, 5.41) is 11.6. The summed E-state index contributed by atoms with van der Waals surface area (Å²) in [5.41, 5.74) is 6.64. The maximum absolute atomic E-state index is 13.3. The van der Waals surface area contributed by atoms with E-state index in [4.69, 9.17) is 20.4 Å². The summed E-state index contributed by atoms with van der Waals surface area (Å²) in [7, 11) is 1.60. The second-order valence-electron chi connectivity index (χ2n) is 4.31. The fourth-order valence-corrected chi connectivity index (χ4v) is 1.84. The second-order valence-corrected chi connectivity index (χ2v) is 4.31. The number of rotatable bonds is 5. The first-order valence-electron chi connectivity index (χ1n) is 6.17. The van der Waals surface area contributed by atoms with Gasteiger partial charge in [0.15, 0.2) is 5.84 Å². The van der Waals surface area contributed by atoms with Crippen LogP contribution in [0.5, 0.6) is 11.5 Å². The van der Waals surface area contributed by atoms with Crippen molar-refractivity contribution in [2.24, 2.45) is 10.9 Å². The SMILES string of the molecule is COCc1cccc(Oc2ccc(F)cc2C(N)=NO)c1. The summed E-state index contributed by atoms with van der Waals surface area (Å²) >= 11 is 0. The van der Waals surface area contributed by atoms with E-state index in [-0.39, 0.29) is 11.4 Å². The number of nitrogens with two attached hydrogens (primary N) is 1. The van der Waals surface area contributed by atoms with Crippen molar-refractivity contribution in [3.8, 4) is 11.5 Å². The number of ether oxygens (including phenoxy) is 2. The Morgan fingerprint density at radius 1 is 1.29 bits per heavy atom. The van der Waals surface area contributed by atoms with Gasteiger partial charge in [-0.05, 0) is 35.9 Å². The van der Waals surface area contributed by atoms with E-state index in [0.29, 0.717) is 18.1 Å². The Balaban J connectivity index is 2.33. The lowest BCUT2D eigenvalue weighted by atomic mass is 10.1. The largest absolute Gasteiger partial charge is 0.457 e. The lowest BCUT2D eigenvalue weighted by Gasteiger charge is -2.11. The summed E-state index contributed by atoms with van der Waals surface area (Å²) in [6, 6.07) is 11.1. The maximum atomic E-state index is 13.3. The quantitative estimate of drug-likeness (QED) is 0.384. The Labute approximate surface area is 121 Å². The van der Waals surface area contributed by atoms with E-state index in [0.717, 1.165) is 11.6 Å². The molecule has 0 aliphatic heterocycles. The molecule has 5 nitrogen and oxygen atoms in total. The van der Waals surface area contributed by atoms with Crippen LogP contribution in [0.1, 0.15) is 11.1 Å². The van der Waals surface area contributed by atoms with Gasteiger partial charge in [0.05, 0.1) is 12.2 Å². The van der Waals surface area contributed by atoms with Crippen LogP contribution in [0.25, 0.3) is 0 Å². The van der Waals surface area contributed by atoms with Gasteiger partial charge in [0.25, 0.3) is 0 Å². The first kappa shape index (κ1) is 14.8. The van der Waals surface area contributed by atoms with Crippen molar-refractivity contribution in [2.45, 2.75) is 6.61 Å². The molecule has 2 rings (SSSR count). The molecule has 0 bridgehead atoms. The first-order valence-corrected chi connectivity index (χ1v) is 6.17. The molecule has 2 aromatic rings. The van der Waals surface area contributed by atoms with Crippen LogP contribution in [0.3, 0.4) is 0 Å². The van der Waals surface area contributed by atoms with Gasteiger partial charge in [-0.3, -0.25) is 0 Å². The Hall–Kier alpha value is -2.60. The molecule has 0 heterocycles. The third-order valence-corrected chi connectivity index (χ3v) is 2.76. The van der Waals surface area contributed by atoms with Gasteiger partial charge in [0.2, 0.25) is 0 Å². The smallest absolute Gasteiger partial charge is 0.173 e. The van der Waals surface area contributed by atoms with Crippen molar-refractivity contribution in [2.75, 3.05) is 7.11 Å². The molecule has 0 saturated carbocycles. The minimum absolute atomic E-state index is 0.176. The average molecular weight is 290 g/mol. The van der Waals surface area contributed by atoms with Gasteiger partial charge in [-0.2, -0.15) is 0 Å². The molecule has 0 unspecified atom stereocenters. The predicted octanol–water partition coefficient (Wildman–Crippen LogP) is 2.86. The Morgan fingerprint density at radius 2 is 2.10 bits per heavy atom. The highest BCUT2D eigenvalue weighted by molar-refractivity contribution is 5.99. The van der Waals surface area contributed by atoms with E-state index in [2.05, 4.69) is 5.16 Å². The molecule has 0 aliphatic rings. The van der Waals surface area contributed by atoms with E-state index >= 15 is 0 Å². The van der Waals surface area contributed by atoms with E-state index < -0.39 is 5.82 Å². The van der Waals surface area contributed by atoms with Crippen LogP contribution < -0.4 is 10.5 Å². The van der Waals surface area contributed by atoms with Gasteiger partial charge in [-0.1, -0.05) is 17.3 Å². The summed E-state index contributed by atoms with van der Waals surface area (Å²) in [4.78, 5) is 0. The molecular weight excluding hydrogens is 275 g/mol. The fraction of sp³-hybridized carbons (Fsp3) is 0.133. The van der Waals surface area contributed by atoms with E-state index in [1.54, 1.807) is 19.2 Å². The van der Waals surface area contributed by atoms with Gasteiger partial charge in [-0.15, -0.1) is 0 Å². The standard InChI is InChI=1S/C15H15FN2O3/c1-20-9-10-3-2-4-12(7-10)21-14-6-5-11(16)8-13(14)15(17)18-19/h2-8,19H,9H2,1H3,(H2,17,18). The van der Waals surface area contributed by atoms with Gasteiger partial charge < -0.3 is 20.4 Å². The zero-order chi connectivity index (χ0) is 15.2. The van der Waals surface area contributed by atoms with Crippen LogP contribution in [-0.4, -0.2) is 18.2 Å². The number of hydrogen-bond acceptors (Lipinski definition) is 4. The van der Waals surface area contributed by atoms with Gasteiger partial charge in [0.1, 0.15) is 17.3 Å². The zero-order valence-corrected chi connectivity index (χ0v) is 11.4. The van der Waals surface area contributed by atoms with E-state index in [1.807, 2.05) is 12.1 Å². The normalized spacial score (nSPS) is 11.4. The number of amidine groups is 1. The highest BCUT2D eigenvalue weighted by Crippen LogP contribution is 2.26. The van der Waals surface area contributed by atoms with Crippen LogP contribution >= 0.6 is 0 Å². The van der Waals surface area contributed by atoms with Crippen molar-refractivity contribution >= 4 is 5.84 Å². The highest BCUT2D eigenvalue weighted by atomic mass is 19.1. The molecule has 0 atom stereocenters. The van der Waals surface area contributed by atoms with E-state index in [9.17, 15) is 4.39 Å².